The molecule has 0 N–H and O–H groups in total. The van der Waals surface area contributed by atoms with Gasteiger partial charge >= 0.3 is 43.4 Å². The molecule has 0 amide bonds. The van der Waals surface area contributed by atoms with Crippen LogP contribution in [0.2, 0.25) is 34.2 Å². The van der Waals surface area contributed by atoms with Crippen molar-refractivity contribution in [3.05, 3.63) is 0 Å². The molecule has 0 unspecified atom stereocenters. The first kappa shape index (κ1) is 31.8. The first-order valence-corrected chi connectivity index (χ1v) is 13.8. The third-order valence-corrected chi connectivity index (χ3v) is 8.33. The predicted octanol–water partition coefficient (Wildman–Crippen LogP) is 5.47. The van der Waals surface area contributed by atoms with Gasteiger partial charge in [-0.25, -0.2) is 0 Å². The van der Waals surface area contributed by atoms with Crippen molar-refractivity contribution in [3.8, 4) is 0 Å². The quantitative estimate of drug-likeness (QED) is 0.630. The first-order valence-electron chi connectivity index (χ1n) is 5.79. The number of hydrogen-bond acceptors (Lipinski definition) is 2. The molecule has 0 atom stereocenters. The van der Waals surface area contributed by atoms with Gasteiger partial charge < -0.3 is 6.63 Å². The van der Waals surface area contributed by atoms with E-state index in [0.717, 1.165) is 6.61 Å². The molecule has 0 radical (unpaired) electrons. The molecule has 5 heteroatoms. The van der Waals surface area contributed by atoms with Crippen LogP contribution in [-0.2, 0) is 6.63 Å². The molecule has 0 aromatic carbocycles. The fourth-order valence-electron chi connectivity index (χ4n) is 1.45. The summed E-state index contributed by atoms with van der Waals surface area (Å²) < 4.78 is 10.9. The first-order chi connectivity index (χ1) is 6.52. The van der Waals surface area contributed by atoms with Crippen LogP contribution in [0.15, 0.2) is 0 Å². The second-order valence-corrected chi connectivity index (χ2v) is 12.2. The Morgan fingerprint density at radius 3 is 1.44 bits per heavy atom. The molecule has 1 saturated heterocycles. The van der Waals surface area contributed by atoms with E-state index >= 15 is 0 Å². The molecule has 2 nitrogen and oxygen atoms in total. The van der Waals surface area contributed by atoms with Gasteiger partial charge in [0.05, 0.1) is 0 Å². The predicted molar refractivity (Wildman–Crippen MR) is 94.6 cm³/mol. The zero-order valence-electron chi connectivity index (χ0n) is 10.4. The van der Waals surface area contributed by atoms with Crippen molar-refractivity contribution in [1.82, 2.24) is 0 Å². The van der Waals surface area contributed by atoms with Crippen molar-refractivity contribution < 1.29 is 6.63 Å². The summed E-state index contributed by atoms with van der Waals surface area (Å²) in [4.78, 5) is 0. The molecule has 1 heterocycles. The van der Waals surface area contributed by atoms with E-state index in [1.165, 1.54) is 18.1 Å². The van der Waals surface area contributed by atoms with Crippen molar-refractivity contribution in [1.29, 1.82) is 0 Å². The molecule has 0 aliphatic carbocycles. The fraction of sp³-hybridized carbons (Fsp3) is 1.00. The minimum Gasteiger partial charge on any atom is -0.637 e. The average Bonchev–Trinajstić information content (AvgIpc) is 2.03. The van der Waals surface area contributed by atoms with E-state index in [1.54, 1.807) is 0 Å². The third kappa shape index (κ3) is 26.2. The van der Waals surface area contributed by atoms with Gasteiger partial charge in [0.25, 0.3) is 0 Å². The topological polar surface area (TPSA) is 18.5 Å². The Hall–Kier alpha value is 1.52. The summed E-state index contributed by atoms with van der Waals surface area (Å²) in [5, 5.41) is 1.40. The van der Waals surface area contributed by atoms with Crippen LogP contribution in [0.1, 0.15) is 42.5 Å². The van der Waals surface area contributed by atoms with E-state index in [-0.39, 0.29) is 29.7 Å². The lowest BCUT2D eigenvalue weighted by Crippen LogP contribution is -2.18. The maximum atomic E-state index is 5.53. The van der Waals surface area contributed by atoms with Crippen molar-refractivity contribution in [2.45, 2.75) is 76.8 Å². The summed E-state index contributed by atoms with van der Waals surface area (Å²) in [5.41, 5.74) is 0. The normalized spacial score (nSPS) is 12.2. The Balaban J connectivity index is -0.0000000512. The highest BCUT2D eigenvalue weighted by Gasteiger charge is 2.15. The van der Waals surface area contributed by atoms with Gasteiger partial charge in [0, 0.05) is 6.61 Å². The Morgan fingerprint density at radius 2 is 1.33 bits per heavy atom. The Morgan fingerprint density at radius 1 is 0.889 bits per heavy atom. The van der Waals surface area contributed by atoms with E-state index in [2.05, 4.69) is 28.9 Å². The fourth-order valence-corrected chi connectivity index (χ4v) is 7.40. The molecule has 0 spiro atoms. The molecule has 0 saturated carbocycles. The van der Waals surface area contributed by atoms with Crippen molar-refractivity contribution in [2.75, 3.05) is 6.61 Å². The second kappa shape index (κ2) is 20.8. The van der Waals surface area contributed by atoms with Gasteiger partial charge in [-0.2, -0.15) is 0 Å². The monoisotopic (exact) mass is 308 g/mol. The molecule has 0 aromatic rings. The lowest BCUT2D eigenvalue weighted by molar-refractivity contribution is 0.291. The van der Waals surface area contributed by atoms with E-state index in [0.29, 0.717) is 0 Å². The Labute approximate surface area is 133 Å². The maximum absolute atomic E-state index is 5.53. The minimum absolute atomic E-state index is 0. The van der Waals surface area contributed by atoms with Gasteiger partial charge in [0.2, 0.25) is 0 Å². The highest BCUT2D eigenvalue weighted by atomic mass is 27.3. The summed E-state index contributed by atoms with van der Waals surface area (Å²) in [5.74, 6) is 11.1. The van der Waals surface area contributed by atoms with Crippen LogP contribution in [0.3, 0.4) is 0 Å². The highest BCUT2D eigenvalue weighted by Crippen LogP contribution is 2.09. The SMILES string of the molecule is C.C.C.C.[CH3][Al]([CH3])[O][Al]([CH3])[CH3].[CH3][Al]1[CH2]CCC[O]1. The third-order valence-electron chi connectivity index (χ3n) is 1.95. The van der Waals surface area contributed by atoms with Crippen molar-refractivity contribution in [3.63, 3.8) is 0 Å². The van der Waals surface area contributed by atoms with Crippen LogP contribution in [0.25, 0.3) is 0 Å². The second-order valence-electron chi connectivity index (χ2n) is 4.41. The molecule has 0 aromatic heterocycles. The molecular weight excluding hydrogens is 269 g/mol. The minimum atomic E-state index is -0.667. The molecule has 1 aliphatic heterocycles. The van der Waals surface area contributed by atoms with Gasteiger partial charge in [-0.15, -0.1) is 0 Å². The smallest absolute Gasteiger partial charge is 0.457 e. The van der Waals surface area contributed by atoms with E-state index in [4.69, 9.17) is 6.63 Å². The van der Waals surface area contributed by atoms with Crippen LogP contribution in [0.5, 0.6) is 0 Å². The van der Waals surface area contributed by atoms with Gasteiger partial charge in [-0.3, -0.25) is 0 Å². The lowest BCUT2D eigenvalue weighted by Gasteiger charge is -2.13. The summed E-state index contributed by atoms with van der Waals surface area (Å²) in [7, 11) is 0. The molecular formula is C13H39Al3O2. The van der Waals surface area contributed by atoms with E-state index in [9.17, 15) is 0 Å². The van der Waals surface area contributed by atoms with Crippen LogP contribution in [-0.4, -0.2) is 50.1 Å². The van der Waals surface area contributed by atoms with Crippen LogP contribution >= 0.6 is 0 Å². The summed E-state index contributed by atoms with van der Waals surface area (Å²) in [6.07, 6.45) is 2.73. The van der Waals surface area contributed by atoms with Crippen LogP contribution in [0, 0.1) is 0 Å². The molecule has 0 bridgehead atoms. The number of rotatable bonds is 2. The lowest BCUT2D eigenvalue weighted by atomic mass is 10.4. The summed E-state index contributed by atoms with van der Waals surface area (Å²) in [6.45, 7) is 1.05. The van der Waals surface area contributed by atoms with Crippen molar-refractivity contribution >= 4 is 43.4 Å². The molecule has 1 fully saturated rings. The van der Waals surface area contributed by atoms with E-state index < -0.39 is 43.4 Å². The van der Waals surface area contributed by atoms with Gasteiger partial charge in [-0.05, 0) is 6.42 Å². The van der Waals surface area contributed by atoms with Crippen LogP contribution < -0.4 is 0 Å². The van der Waals surface area contributed by atoms with Gasteiger partial charge in [0.1, 0.15) is 0 Å². The van der Waals surface area contributed by atoms with Gasteiger partial charge in [-0.1, -0.05) is 70.3 Å². The average molecular weight is 308 g/mol. The molecule has 1 rings (SSSR count). The van der Waals surface area contributed by atoms with E-state index in [1.807, 2.05) is 0 Å². The molecule has 112 valence electrons. The zero-order chi connectivity index (χ0) is 11.0. The number of hydrogen-bond donors (Lipinski definition) is 0. The van der Waals surface area contributed by atoms with Crippen LogP contribution in [0.4, 0.5) is 0 Å². The zero-order valence-corrected chi connectivity index (χ0v) is 13.8. The van der Waals surface area contributed by atoms with Crippen molar-refractivity contribution in [2.24, 2.45) is 0 Å². The highest BCUT2D eigenvalue weighted by molar-refractivity contribution is 6.63. The molecule has 18 heavy (non-hydrogen) atoms. The summed E-state index contributed by atoms with van der Waals surface area (Å²) >= 11 is -1.93. The van der Waals surface area contributed by atoms with Gasteiger partial charge in [0.15, 0.2) is 0 Å². The Bertz CT molecular complexity index is 121. The molecule has 1 aliphatic rings. The largest absolute Gasteiger partial charge is 0.637 e. The maximum Gasteiger partial charge on any atom is 0.457 e. The summed E-state index contributed by atoms with van der Waals surface area (Å²) in [6, 6.07) is 0. The standard InChI is InChI=1S/C4H8O.4CH4.5CH3.3Al.O/c1-2-3-4-5;;;;;;;;;;;;;/h1-4H2;4*1H4;5*1H3;;;;/q-1;;;;;;;;;;;;+1;. The Kier molecular flexibility index (Phi) is 36.7.